The smallest absolute Gasteiger partial charge is 0.0352 e. The van der Waals surface area contributed by atoms with Crippen molar-refractivity contribution < 1.29 is 0 Å². The molecule has 116 valence electrons. The third kappa shape index (κ3) is 3.89. The lowest BCUT2D eigenvalue weighted by Gasteiger charge is -2.35. The number of hydrogen-bond donors (Lipinski definition) is 1. The Kier molecular flexibility index (Phi) is 7.47. The number of rotatable bonds is 3. The molecular weight excluding hydrogens is 303 g/mol. The van der Waals surface area contributed by atoms with E-state index in [0.717, 1.165) is 26.2 Å². The van der Waals surface area contributed by atoms with Crippen LogP contribution in [0.3, 0.4) is 0 Å². The van der Waals surface area contributed by atoms with Crippen LogP contribution in [0.4, 0.5) is 0 Å². The van der Waals surface area contributed by atoms with Crippen molar-refractivity contribution in [3.05, 3.63) is 48.0 Å². The Morgan fingerprint density at radius 1 is 1.00 bits per heavy atom. The molecule has 2 aromatic rings. The standard InChI is InChI=1S/C17H22N2.2ClH/c1-2-17(19-12-10-18-11-13-19)16-9-5-7-14-6-3-4-8-15(14)16;;/h3-9,17-18H,2,10-13H2,1H3;2*1H/t17-;;/m1../s1. The quantitative estimate of drug-likeness (QED) is 0.915. The summed E-state index contributed by atoms with van der Waals surface area (Å²) < 4.78 is 0. The summed E-state index contributed by atoms with van der Waals surface area (Å²) in [7, 11) is 0. The number of halogens is 2. The fourth-order valence-electron chi connectivity index (χ4n) is 3.21. The number of hydrogen-bond acceptors (Lipinski definition) is 2. The van der Waals surface area contributed by atoms with Crippen molar-refractivity contribution in [3.63, 3.8) is 0 Å². The Hall–Kier alpha value is -0.800. The normalized spacial score (nSPS) is 16.8. The number of nitrogens with one attached hydrogen (secondary N) is 1. The minimum absolute atomic E-state index is 0. The van der Waals surface area contributed by atoms with E-state index >= 15 is 0 Å². The van der Waals surface area contributed by atoms with Gasteiger partial charge in [-0.2, -0.15) is 0 Å². The average molecular weight is 327 g/mol. The average Bonchev–Trinajstić information content (AvgIpc) is 2.49. The fourth-order valence-corrected chi connectivity index (χ4v) is 3.21. The van der Waals surface area contributed by atoms with Gasteiger partial charge in [0.1, 0.15) is 0 Å². The zero-order valence-corrected chi connectivity index (χ0v) is 14.1. The second-order valence-electron chi connectivity index (χ2n) is 5.28. The van der Waals surface area contributed by atoms with Crippen molar-refractivity contribution >= 4 is 35.6 Å². The van der Waals surface area contributed by atoms with Gasteiger partial charge in [0.25, 0.3) is 0 Å². The summed E-state index contributed by atoms with van der Waals surface area (Å²) in [5.74, 6) is 0. The predicted octanol–water partition coefficient (Wildman–Crippen LogP) is 4.04. The van der Waals surface area contributed by atoms with Crippen LogP contribution in [0.1, 0.15) is 24.9 Å². The SMILES string of the molecule is CC[C@H](c1cccc2ccccc12)N1CCNCC1.Cl.Cl. The zero-order valence-electron chi connectivity index (χ0n) is 12.4. The van der Waals surface area contributed by atoms with E-state index in [-0.39, 0.29) is 24.8 Å². The minimum atomic E-state index is 0. The number of benzene rings is 2. The molecule has 0 aliphatic carbocycles. The first-order valence-corrected chi connectivity index (χ1v) is 7.32. The van der Waals surface area contributed by atoms with Gasteiger partial charge in [-0.1, -0.05) is 49.4 Å². The lowest BCUT2D eigenvalue weighted by Crippen LogP contribution is -2.45. The van der Waals surface area contributed by atoms with Crippen molar-refractivity contribution in [2.75, 3.05) is 26.2 Å². The molecule has 3 rings (SSSR count). The summed E-state index contributed by atoms with van der Waals surface area (Å²) in [6.07, 6.45) is 1.17. The summed E-state index contributed by atoms with van der Waals surface area (Å²) in [6, 6.07) is 16.0. The maximum atomic E-state index is 3.44. The molecule has 1 heterocycles. The van der Waals surface area contributed by atoms with Crippen LogP contribution >= 0.6 is 24.8 Å². The highest BCUT2D eigenvalue weighted by atomic mass is 35.5. The van der Waals surface area contributed by atoms with Crippen LogP contribution in [-0.4, -0.2) is 31.1 Å². The Bertz CT molecular complexity index is 548. The van der Waals surface area contributed by atoms with Crippen LogP contribution < -0.4 is 5.32 Å². The predicted molar refractivity (Wildman–Crippen MR) is 95.9 cm³/mol. The first-order valence-electron chi connectivity index (χ1n) is 7.32. The summed E-state index contributed by atoms with van der Waals surface area (Å²) in [5, 5.41) is 6.21. The minimum Gasteiger partial charge on any atom is -0.314 e. The first kappa shape index (κ1) is 18.2. The first-order chi connectivity index (χ1) is 9.40. The molecule has 1 aliphatic heterocycles. The molecule has 2 aromatic carbocycles. The molecule has 1 atom stereocenters. The summed E-state index contributed by atoms with van der Waals surface area (Å²) in [6.45, 7) is 6.83. The van der Waals surface area contributed by atoms with Crippen molar-refractivity contribution in [2.45, 2.75) is 19.4 Å². The number of nitrogens with zero attached hydrogens (tertiary/aromatic N) is 1. The van der Waals surface area contributed by atoms with Gasteiger partial charge in [0, 0.05) is 32.2 Å². The zero-order chi connectivity index (χ0) is 13.1. The summed E-state index contributed by atoms with van der Waals surface area (Å²) >= 11 is 0. The van der Waals surface area contributed by atoms with Gasteiger partial charge in [-0.15, -0.1) is 24.8 Å². The lowest BCUT2D eigenvalue weighted by atomic mass is 9.95. The topological polar surface area (TPSA) is 15.3 Å². The highest BCUT2D eigenvalue weighted by molar-refractivity contribution is 5.86. The van der Waals surface area contributed by atoms with Gasteiger partial charge >= 0.3 is 0 Å². The second-order valence-corrected chi connectivity index (χ2v) is 5.28. The lowest BCUT2D eigenvalue weighted by molar-refractivity contribution is 0.170. The summed E-state index contributed by atoms with van der Waals surface area (Å²) in [5.41, 5.74) is 1.49. The molecule has 4 heteroatoms. The van der Waals surface area contributed by atoms with Gasteiger partial charge < -0.3 is 5.32 Å². The monoisotopic (exact) mass is 326 g/mol. The molecule has 0 spiro atoms. The summed E-state index contributed by atoms with van der Waals surface area (Å²) in [4.78, 5) is 2.62. The van der Waals surface area contributed by atoms with Gasteiger partial charge in [-0.25, -0.2) is 0 Å². The molecule has 0 unspecified atom stereocenters. The highest BCUT2D eigenvalue weighted by Gasteiger charge is 2.21. The number of piperazine rings is 1. The van der Waals surface area contributed by atoms with E-state index in [1.54, 1.807) is 0 Å². The molecule has 2 nitrogen and oxygen atoms in total. The van der Waals surface area contributed by atoms with Gasteiger partial charge in [0.2, 0.25) is 0 Å². The third-order valence-corrected chi connectivity index (χ3v) is 4.16. The van der Waals surface area contributed by atoms with Crippen molar-refractivity contribution in [2.24, 2.45) is 0 Å². The highest BCUT2D eigenvalue weighted by Crippen LogP contribution is 2.30. The molecule has 0 saturated carbocycles. The van der Waals surface area contributed by atoms with E-state index in [9.17, 15) is 0 Å². The second kappa shape index (κ2) is 8.60. The van der Waals surface area contributed by atoms with E-state index in [0.29, 0.717) is 6.04 Å². The maximum absolute atomic E-state index is 3.44. The Morgan fingerprint density at radius 2 is 1.67 bits per heavy atom. The van der Waals surface area contributed by atoms with Crippen molar-refractivity contribution in [3.8, 4) is 0 Å². The van der Waals surface area contributed by atoms with Crippen LogP contribution in [-0.2, 0) is 0 Å². The molecule has 0 radical (unpaired) electrons. The van der Waals surface area contributed by atoms with E-state index in [1.165, 1.54) is 22.8 Å². The molecule has 1 fully saturated rings. The van der Waals surface area contributed by atoms with Gasteiger partial charge in [-0.3, -0.25) is 4.90 Å². The van der Waals surface area contributed by atoms with Gasteiger partial charge in [0.15, 0.2) is 0 Å². The van der Waals surface area contributed by atoms with Crippen LogP contribution in [0, 0.1) is 0 Å². The van der Waals surface area contributed by atoms with Gasteiger partial charge in [-0.05, 0) is 22.8 Å². The molecular formula is C17H24Cl2N2. The number of fused-ring (bicyclic) bond motifs is 1. The fraction of sp³-hybridized carbons (Fsp3) is 0.412. The van der Waals surface area contributed by atoms with Crippen molar-refractivity contribution in [1.82, 2.24) is 10.2 Å². The van der Waals surface area contributed by atoms with E-state index in [2.05, 4.69) is 59.6 Å². The largest absolute Gasteiger partial charge is 0.314 e. The Balaban J connectivity index is 0.00000110. The molecule has 0 amide bonds. The molecule has 0 bridgehead atoms. The molecule has 1 aliphatic rings. The molecule has 1 N–H and O–H groups in total. The van der Waals surface area contributed by atoms with Crippen LogP contribution in [0.25, 0.3) is 10.8 Å². The molecule has 0 aromatic heterocycles. The van der Waals surface area contributed by atoms with Crippen LogP contribution in [0.2, 0.25) is 0 Å². The van der Waals surface area contributed by atoms with Crippen LogP contribution in [0.15, 0.2) is 42.5 Å². The molecule has 21 heavy (non-hydrogen) atoms. The Morgan fingerprint density at radius 3 is 2.38 bits per heavy atom. The molecule has 1 saturated heterocycles. The van der Waals surface area contributed by atoms with E-state index in [1.807, 2.05) is 0 Å². The van der Waals surface area contributed by atoms with Crippen LogP contribution in [0.5, 0.6) is 0 Å². The van der Waals surface area contributed by atoms with Gasteiger partial charge in [0.05, 0.1) is 0 Å². The van der Waals surface area contributed by atoms with Crippen molar-refractivity contribution in [1.29, 1.82) is 0 Å². The maximum Gasteiger partial charge on any atom is 0.0352 e. The Labute approximate surface area is 139 Å². The van der Waals surface area contributed by atoms with E-state index in [4.69, 9.17) is 0 Å². The third-order valence-electron chi connectivity index (χ3n) is 4.16. The van der Waals surface area contributed by atoms with E-state index < -0.39 is 0 Å².